The molecule has 1 aromatic heterocycles. The van der Waals surface area contributed by atoms with Gasteiger partial charge in [0.1, 0.15) is 6.33 Å². The molecule has 3 aromatic rings. The molecule has 0 unspecified atom stereocenters. The first kappa shape index (κ1) is 23.1. The molecule has 34 heavy (non-hydrogen) atoms. The summed E-state index contributed by atoms with van der Waals surface area (Å²) in [6.07, 6.45) is 6.83. The predicted octanol–water partition coefficient (Wildman–Crippen LogP) is 2.90. The Morgan fingerprint density at radius 2 is 1.62 bits per heavy atom. The first-order chi connectivity index (χ1) is 16.6. The fourth-order valence-corrected chi connectivity index (χ4v) is 6.97. The van der Waals surface area contributed by atoms with Crippen molar-refractivity contribution in [3.63, 3.8) is 0 Å². The highest BCUT2D eigenvalue weighted by molar-refractivity contribution is 7.88. The van der Waals surface area contributed by atoms with Gasteiger partial charge < -0.3 is 5.11 Å². The quantitative estimate of drug-likeness (QED) is 0.586. The third-order valence-corrected chi connectivity index (χ3v) is 8.92. The van der Waals surface area contributed by atoms with Crippen LogP contribution in [0.15, 0.2) is 73.3 Å². The van der Waals surface area contributed by atoms with Crippen molar-refractivity contribution in [1.82, 2.24) is 19.2 Å². The van der Waals surface area contributed by atoms with Gasteiger partial charge in [-0.15, -0.1) is 0 Å². The van der Waals surface area contributed by atoms with Crippen LogP contribution in [0.3, 0.4) is 0 Å². The lowest BCUT2D eigenvalue weighted by molar-refractivity contribution is -0.0554. The van der Waals surface area contributed by atoms with Gasteiger partial charge in [0.15, 0.2) is 0 Å². The zero-order valence-electron chi connectivity index (χ0n) is 19.1. The van der Waals surface area contributed by atoms with Crippen LogP contribution in [-0.2, 0) is 15.8 Å². The van der Waals surface area contributed by atoms with Gasteiger partial charge in [0.05, 0.1) is 12.4 Å². The summed E-state index contributed by atoms with van der Waals surface area (Å²) in [5, 5.41) is 10.2. The smallest absolute Gasteiger partial charge is 0.218 e. The lowest BCUT2D eigenvalue weighted by Crippen LogP contribution is -2.67. The zero-order valence-corrected chi connectivity index (χ0v) is 19.9. The molecule has 2 fully saturated rings. The van der Waals surface area contributed by atoms with Crippen LogP contribution in [-0.4, -0.2) is 71.0 Å². The Kier molecular flexibility index (Phi) is 6.74. The van der Waals surface area contributed by atoms with Crippen LogP contribution in [0.4, 0.5) is 0 Å². The molecule has 0 amide bonds. The van der Waals surface area contributed by atoms with Gasteiger partial charge in [-0.25, -0.2) is 22.7 Å². The van der Waals surface area contributed by atoms with Crippen LogP contribution in [0.2, 0.25) is 0 Å². The standard InChI is InChI=1S/C26H30N4O3S/c31-17-25-26(22-10-8-21(9-11-22)23-14-27-19-28-15-23)24-16-29(12-4-5-13-30(24)25)34(32,33)18-20-6-2-1-3-7-20/h1-3,6-11,14-15,19,24-26,31H,4-5,12-13,16-18H2/t24-,25-,26+/m1/s1. The third-order valence-electron chi connectivity index (χ3n) is 7.11. The monoisotopic (exact) mass is 478 g/mol. The topological polar surface area (TPSA) is 86.6 Å². The van der Waals surface area contributed by atoms with E-state index in [-0.39, 0.29) is 30.4 Å². The molecule has 3 heterocycles. The molecule has 178 valence electrons. The summed E-state index contributed by atoms with van der Waals surface area (Å²) in [5.41, 5.74) is 3.92. The number of rotatable bonds is 6. The Morgan fingerprint density at radius 1 is 0.912 bits per heavy atom. The highest BCUT2D eigenvalue weighted by atomic mass is 32.2. The van der Waals surface area contributed by atoms with Crippen molar-refractivity contribution in [2.45, 2.75) is 36.6 Å². The van der Waals surface area contributed by atoms with E-state index in [4.69, 9.17) is 0 Å². The first-order valence-electron chi connectivity index (χ1n) is 11.8. The molecule has 0 spiro atoms. The van der Waals surface area contributed by atoms with Crippen molar-refractivity contribution >= 4 is 10.0 Å². The van der Waals surface area contributed by atoms with Crippen LogP contribution in [0.25, 0.3) is 11.1 Å². The normalized spacial score (nSPS) is 24.0. The number of aromatic nitrogens is 2. The van der Waals surface area contributed by atoms with Crippen LogP contribution >= 0.6 is 0 Å². The maximum absolute atomic E-state index is 13.3. The number of benzene rings is 2. The number of aliphatic hydroxyl groups is 1. The maximum Gasteiger partial charge on any atom is 0.218 e. The highest BCUT2D eigenvalue weighted by Gasteiger charge is 2.50. The predicted molar refractivity (Wildman–Crippen MR) is 131 cm³/mol. The number of aliphatic hydroxyl groups excluding tert-OH is 1. The molecule has 0 saturated carbocycles. The second-order valence-electron chi connectivity index (χ2n) is 9.14. The van der Waals surface area contributed by atoms with Crippen LogP contribution in [0.1, 0.15) is 29.9 Å². The fourth-order valence-electron chi connectivity index (χ4n) is 5.38. The van der Waals surface area contributed by atoms with Crippen molar-refractivity contribution in [3.05, 3.63) is 84.4 Å². The van der Waals surface area contributed by atoms with Crippen LogP contribution < -0.4 is 0 Å². The van der Waals surface area contributed by atoms with E-state index in [0.717, 1.165) is 41.6 Å². The van der Waals surface area contributed by atoms with E-state index < -0.39 is 10.0 Å². The molecule has 2 aromatic carbocycles. The van der Waals surface area contributed by atoms with Crippen molar-refractivity contribution in [2.24, 2.45) is 0 Å². The highest BCUT2D eigenvalue weighted by Crippen LogP contribution is 2.42. The molecule has 2 aliphatic heterocycles. The molecule has 3 atom stereocenters. The van der Waals surface area contributed by atoms with Gasteiger partial charge in [-0.2, -0.15) is 0 Å². The van der Waals surface area contributed by atoms with E-state index in [9.17, 15) is 13.5 Å². The Balaban J connectivity index is 1.38. The van der Waals surface area contributed by atoms with Gasteiger partial charge in [0, 0.05) is 49.0 Å². The molecule has 0 radical (unpaired) electrons. The van der Waals surface area contributed by atoms with Gasteiger partial charge in [-0.3, -0.25) is 4.90 Å². The van der Waals surface area contributed by atoms with E-state index >= 15 is 0 Å². The molecule has 0 aliphatic carbocycles. The van der Waals surface area contributed by atoms with Crippen LogP contribution in [0.5, 0.6) is 0 Å². The van der Waals surface area contributed by atoms with Gasteiger partial charge in [0.2, 0.25) is 10.0 Å². The SMILES string of the molecule is O=S(=O)(Cc1ccccc1)N1CCCCN2[C@H](CO)[C@@H](c3ccc(-c4cncnc4)cc3)[C@H]2C1. The van der Waals surface area contributed by atoms with E-state index in [2.05, 4.69) is 39.1 Å². The molecule has 2 saturated heterocycles. The second-order valence-corrected chi connectivity index (χ2v) is 11.1. The number of fused-ring (bicyclic) bond motifs is 1. The van der Waals surface area contributed by atoms with Crippen LogP contribution in [0, 0.1) is 0 Å². The van der Waals surface area contributed by atoms with E-state index in [0.29, 0.717) is 13.1 Å². The summed E-state index contributed by atoms with van der Waals surface area (Å²) in [7, 11) is -3.44. The minimum absolute atomic E-state index is 0.00712. The van der Waals surface area contributed by atoms with Crippen molar-refractivity contribution < 1.29 is 13.5 Å². The average Bonchev–Trinajstić information content (AvgIpc) is 2.84. The minimum Gasteiger partial charge on any atom is -0.395 e. The maximum atomic E-state index is 13.3. The summed E-state index contributed by atoms with van der Waals surface area (Å²) in [6.45, 7) is 1.94. The Morgan fingerprint density at radius 3 is 2.32 bits per heavy atom. The first-order valence-corrected chi connectivity index (χ1v) is 13.4. The minimum atomic E-state index is -3.44. The molecule has 0 bridgehead atoms. The fraction of sp³-hybridized carbons (Fsp3) is 0.385. The summed E-state index contributed by atoms with van der Waals surface area (Å²) in [4.78, 5) is 10.5. The van der Waals surface area contributed by atoms with Gasteiger partial charge in [0.25, 0.3) is 0 Å². The van der Waals surface area contributed by atoms with Gasteiger partial charge in [-0.1, -0.05) is 54.6 Å². The Labute approximate surface area is 201 Å². The lowest BCUT2D eigenvalue weighted by atomic mass is 9.74. The lowest BCUT2D eigenvalue weighted by Gasteiger charge is -2.57. The molecule has 8 heteroatoms. The summed E-state index contributed by atoms with van der Waals surface area (Å²) in [6, 6.07) is 17.7. The van der Waals surface area contributed by atoms with Crippen molar-refractivity contribution in [2.75, 3.05) is 26.2 Å². The number of hydrogen-bond acceptors (Lipinski definition) is 6. The molecule has 5 rings (SSSR count). The summed E-state index contributed by atoms with van der Waals surface area (Å²) in [5.74, 6) is 0.0984. The molecular formula is C26H30N4O3S. The third kappa shape index (κ3) is 4.63. The van der Waals surface area contributed by atoms with Gasteiger partial charge in [-0.05, 0) is 36.1 Å². The second kappa shape index (κ2) is 9.92. The Hall–Kier alpha value is -2.65. The Bertz CT molecular complexity index is 1190. The largest absolute Gasteiger partial charge is 0.395 e. The molecule has 2 aliphatic rings. The van der Waals surface area contributed by atoms with Crippen molar-refractivity contribution in [1.29, 1.82) is 0 Å². The van der Waals surface area contributed by atoms with E-state index in [1.54, 1.807) is 16.7 Å². The summed E-state index contributed by atoms with van der Waals surface area (Å²) >= 11 is 0. The van der Waals surface area contributed by atoms with E-state index in [1.165, 1.54) is 6.33 Å². The van der Waals surface area contributed by atoms with Crippen molar-refractivity contribution in [3.8, 4) is 11.1 Å². The molecule has 1 N–H and O–H groups in total. The number of nitrogens with zero attached hydrogens (tertiary/aromatic N) is 4. The molecular weight excluding hydrogens is 448 g/mol. The number of hydrogen-bond donors (Lipinski definition) is 1. The average molecular weight is 479 g/mol. The summed E-state index contributed by atoms with van der Waals surface area (Å²) < 4.78 is 28.4. The van der Waals surface area contributed by atoms with E-state index in [1.807, 2.05) is 30.3 Å². The molecule has 7 nitrogen and oxygen atoms in total. The zero-order chi connectivity index (χ0) is 23.5. The van der Waals surface area contributed by atoms with Gasteiger partial charge >= 0.3 is 0 Å². The number of sulfonamides is 1.